The van der Waals surface area contributed by atoms with Gasteiger partial charge in [-0.15, -0.1) is 0 Å². The van der Waals surface area contributed by atoms with Gasteiger partial charge in [0.15, 0.2) is 23.3 Å². The van der Waals surface area contributed by atoms with E-state index in [9.17, 15) is 0 Å². The maximum atomic E-state index is 6.32. The lowest BCUT2D eigenvalue weighted by Crippen LogP contribution is -2.22. The molecule has 4 aromatic rings. The molecule has 2 aliphatic rings. The number of aromatic nitrogens is 5. The normalized spacial score (nSPS) is 18.0. The standard InChI is InChI=1S/C23H22BrN5O3/c1-30-19-5-14(10-28-13-26-18-7-16(24)9-25-23(18)28)6-20-22(19)32-21(12-31-20)15-8-27-29(11-15)17-3-2-4-17/h5-9,11,13,17,21H,2-4,10,12H2,1H3. The van der Waals surface area contributed by atoms with Crippen LogP contribution in [0.25, 0.3) is 11.2 Å². The van der Waals surface area contributed by atoms with Gasteiger partial charge in [-0.05, 0) is 59.0 Å². The summed E-state index contributed by atoms with van der Waals surface area (Å²) in [6, 6.07) is 6.45. The maximum Gasteiger partial charge on any atom is 0.204 e. The van der Waals surface area contributed by atoms with E-state index >= 15 is 0 Å². The molecule has 164 valence electrons. The Bertz CT molecular complexity index is 1280. The average molecular weight is 496 g/mol. The van der Waals surface area contributed by atoms with Crippen LogP contribution in [0.2, 0.25) is 0 Å². The summed E-state index contributed by atoms with van der Waals surface area (Å²) >= 11 is 3.44. The molecule has 0 spiro atoms. The average Bonchev–Trinajstić information content (AvgIpc) is 3.39. The number of hydrogen-bond acceptors (Lipinski definition) is 6. The van der Waals surface area contributed by atoms with Crippen LogP contribution in [-0.2, 0) is 6.54 Å². The monoisotopic (exact) mass is 495 g/mol. The molecule has 6 rings (SSSR count). The predicted molar refractivity (Wildman–Crippen MR) is 121 cm³/mol. The van der Waals surface area contributed by atoms with Crippen molar-refractivity contribution in [2.45, 2.75) is 38.0 Å². The van der Waals surface area contributed by atoms with Crippen LogP contribution in [0.1, 0.15) is 42.5 Å². The van der Waals surface area contributed by atoms with Gasteiger partial charge < -0.3 is 18.8 Å². The van der Waals surface area contributed by atoms with E-state index in [0.717, 1.165) is 26.8 Å². The number of imidazole rings is 1. The van der Waals surface area contributed by atoms with Gasteiger partial charge >= 0.3 is 0 Å². The third kappa shape index (κ3) is 3.40. The first-order valence-electron chi connectivity index (χ1n) is 10.7. The van der Waals surface area contributed by atoms with Gasteiger partial charge in [0.05, 0.1) is 32.2 Å². The number of ether oxygens (including phenoxy) is 3. The van der Waals surface area contributed by atoms with Crippen LogP contribution in [0.3, 0.4) is 0 Å². The molecule has 32 heavy (non-hydrogen) atoms. The molecule has 1 fully saturated rings. The number of rotatable bonds is 5. The number of halogens is 1. The molecule has 1 aliphatic carbocycles. The molecular weight excluding hydrogens is 474 g/mol. The smallest absolute Gasteiger partial charge is 0.204 e. The quantitative estimate of drug-likeness (QED) is 0.399. The van der Waals surface area contributed by atoms with Gasteiger partial charge in [-0.25, -0.2) is 9.97 Å². The molecule has 0 radical (unpaired) electrons. The summed E-state index contributed by atoms with van der Waals surface area (Å²) in [5, 5.41) is 4.53. The second kappa shape index (κ2) is 7.81. The van der Waals surface area contributed by atoms with E-state index in [-0.39, 0.29) is 6.10 Å². The van der Waals surface area contributed by atoms with Gasteiger partial charge in [-0.1, -0.05) is 0 Å². The fourth-order valence-electron chi connectivity index (χ4n) is 4.21. The van der Waals surface area contributed by atoms with E-state index in [1.165, 1.54) is 19.3 Å². The zero-order chi connectivity index (χ0) is 21.7. The highest BCUT2D eigenvalue weighted by Gasteiger charge is 2.29. The molecule has 0 saturated heterocycles. The minimum Gasteiger partial charge on any atom is -0.493 e. The van der Waals surface area contributed by atoms with Crippen molar-refractivity contribution in [2.24, 2.45) is 0 Å². The Morgan fingerprint density at radius 2 is 2.09 bits per heavy atom. The summed E-state index contributed by atoms with van der Waals surface area (Å²) < 4.78 is 23.1. The molecule has 0 bridgehead atoms. The second-order valence-electron chi connectivity index (χ2n) is 8.25. The molecule has 1 atom stereocenters. The van der Waals surface area contributed by atoms with Crippen molar-refractivity contribution >= 4 is 27.1 Å². The summed E-state index contributed by atoms with van der Waals surface area (Å²) in [7, 11) is 1.65. The number of nitrogens with zero attached hydrogens (tertiary/aromatic N) is 5. The summed E-state index contributed by atoms with van der Waals surface area (Å²) in [6.45, 7) is 1.02. The first-order chi connectivity index (χ1) is 15.7. The molecule has 9 heteroatoms. The van der Waals surface area contributed by atoms with Crippen LogP contribution in [0.4, 0.5) is 0 Å². The Morgan fingerprint density at radius 3 is 2.91 bits per heavy atom. The van der Waals surface area contributed by atoms with Gasteiger partial charge in [0.25, 0.3) is 0 Å². The van der Waals surface area contributed by atoms with Crippen LogP contribution in [0.5, 0.6) is 17.2 Å². The third-order valence-corrected chi connectivity index (χ3v) is 6.60. The van der Waals surface area contributed by atoms with Crippen molar-refractivity contribution in [3.63, 3.8) is 0 Å². The molecule has 1 saturated carbocycles. The summed E-state index contributed by atoms with van der Waals surface area (Å²) in [5.41, 5.74) is 3.71. The minimum atomic E-state index is -0.212. The van der Waals surface area contributed by atoms with Crippen molar-refractivity contribution in [1.82, 2.24) is 24.3 Å². The number of methoxy groups -OCH3 is 1. The van der Waals surface area contributed by atoms with E-state index in [0.29, 0.717) is 36.4 Å². The summed E-state index contributed by atoms with van der Waals surface area (Å²) in [5.74, 6) is 1.96. The van der Waals surface area contributed by atoms with Crippen molar-refractivity contribution in [2.75, 3.05) is 13.7 Å². The number of fused-ring (bicyclic) bond motifs is 2. The second-order valence-corrected chi connectivity index (χ2v) is 9.17. The molecule has 4 heterocycles. The van der Waals surface area contributed by atoms with Crippen LogP contribution in [-0.4, -0.2) is 38.0 Å². The summed E-state index contributed by atoms with van der Waals surface area (Å²) in [4.78, 5) is 8.94. The Morgan fingerprint density at radius 1 is 1.19 bits per heavy atom. The molecule has 0 amide bonds. The third-order valence-electron chi connectivity index (χ3n) is 6.17. The first-order valence-corrected chi connectivity index (χ1v) is 11.5. The van der Waals surface area contributed by atoms with Crippen LogP contribution < -0.4 is 14.2 Å². The van der Waals surface area contributed by atoms with Crippen LogP contribution in [0, 0.1) is 0 Å². The Balaban J connectivity index is 1.26. The Kier molecular flexibility index (Phi) is 4.78. The highest BCUT2D eigenvalue weighted by atomic mass is 79.9. The van der Waals surface area contributed by atoms with Crippen molar-refractivity contribution in [1.29, 1.82) is 0 Å². The number of benzene rings is 1. The molecule has 1 aliphatic heterocycles. The summed E-state index contributed by atoms with van der Waals surface area (Å²) in [6.07, 6.45) is 11.0. The van der Waals surface area contributed by atoms with Crippen LogP contribution in [0.15, 0.2) is 47.6 Å². The maximum absolute atomic E-state index is 6.32. The van der Waals surface area contributed by atoms with Crippen molar-refractivity contribution in [3.05, 3.63) is 58.7 Å². The van der Waals surface area contributed by atoms with Gasteiger partial charge in [-0.2, -0.15) is 5.10 Å². The van der Waals surface area contributed by atoms with E-state index in [4.69, 9.17) is 14.2 Å². The van der Waals surface area contributed by atoms with Crippen LogP contribution >= 0.6 is 15.9 Å². The van der Waals surface area contributed by atoms with E-state index in [2.05, 4.69) is 41.9 Å². The highest BCUT2D eigenvalue weighted by Crippen LogP contribution is 2.44. The van der Waals surface area contributed by atoms with Gasteiger partial charge in [0, 0.05) is 22.4 Å². The molecule has 3 aromatic heterocycles. The number of pyridine rings is 1. The predicted octanol–water partition coefficient (Wildman–Crippen LogP) is 4.68. The fraction of sp³-hybridized carbons (Fsp3) is 0.348. The van der Waals surface area contributed by atoms with E-state index in [1.807, 2.05) is 29.0 Å². The first kappa shape index (κ1) is 19.6. The molecule has 0 N–H and O–H groups in total. The van der Waals surface area contributed by atoms with Crippen molar-refractivity contribution in [3.8, 4) is 17.2 Å². The highest BCUT2D eigenvalue weighted by molar-refractivity contribution is 9.10. The van der Waals surface area contributed by atoms with E-state index in [1.54, 1.807) is 19.6 Å². The van der Waals surface area contributed by atoms with Crippen molar-refractivity contribution < 1.29 is 14.2 Å². The fourth-order valence-corrected chi connectivity index (χ4v) is 4.53. The molecule has 1 aromatic carbocycles. The zero-order valence-electron chi connectivity index (χ0n) is 17.6. The van der Waals surface area contributed by atoms with E-state index < -0.39 is 0 Å². The lowest BCUT2D eigenvalue weighted by Gasteiger charge is -2.28. The lowest BCUT2D eigenvalue weighted by molar-refractivity contribution is 0.0868. The zero-order valence-corrected chi connectivity index (χ0v) is 19.2. The SMILES string of the molecule is COc1cc(Cn2cnc3cc(Br)cnc32)cc2c1OC(c1cnn(C3CCC3)c1)CO2. The minimum absolute atomic E-state index is 0.212. The lowest BCUT2D eigenvalue weighted by atomic mass is 9.93. The van der Waals surface area contributed by atoms with Gasteiger partial charge in [0.1, 0.15) is 12.1 Å². The van der Waals surface area contributed by atoms with Gasteiger partial charge in [0.2, 0.25) is 5.75 Å². The Labute approximate surface area is 193 Å². The topological polar surface area (TPSA) is 76.2 Å². The van der Waals surface area contributed by atoms with Gasteiger partial charge in [-0.3, -0.25) is 4.68 Å². The molecular formula is C23H22BrN5O3. The number of hydrogen-bond donors (Lipinski definition) is 0. The Hall–Kier alpha value is -3.07. The largest absolute Gasteiger partial charge is 0.493 e. The molecule has 8 nitrogen and oxygen atoms in total. The molecule has 1 unspecified atom stereocenters.